The first-order chi connectivity index (χ1) is 12.7. The van der Waals surface area contributed by atoms with Crippen LogP contribution >= 0.6 is 0 Å². The van der Waals surface area contributed by atoms with Gasteiger partial charge in [0.25, 0.3) is 0 Å². The molecule has 2 aromatic carbocycles. The molecule has 26 heavy (non-hydrogen) atoms. The van der Waals surface area contributed by atoms with E-state index in [9.17, 15) is 0 Å². The molecule has 0 fully saturated rings. The molecule has 2 aliphatic rings. The van der Waals surface area contributed by atoms with Crippen LogP contribution in [-0.2, 0) is 29.1 Å². The lowest BCUT2D eigenvalue weighted by Gasteiger charge is -2.26. The van der Waals surface area contributed by atoms with Crippen LogP contribution in [0.2, 0.25) is 0 Å². The number of rotatable bonds is 3. The third kappa shape index (κ3) is 2.63. The average Bonchev–Trinajstić information content (AvgIpc) is 3.12. The van der Waals surface area contributed by atoms with E-state index < -0.39 is 0 Å². The summed E-state index contributed by atoms with van der Waals surface area (Å²) in [5.74, 6) is 1.99. The molecule has 4 rings (SSSR count). The van der Waals surface area contributed by atoms with E-state index in [1.165, 1.54) is 11.1 Å². The summed E-state index contributed by atoms with van der Waals surface area (Å²) in [7, 11) is 4.95. The molecule has 0 aliphatic carbocycles. The van der Waals surface area contributed by atoms with Crippen LogP contribution in [0.25, 0.3) is 11.1 Å². The first kappa shape index (κ1) is 17.2. The second kappa shape index (κ2) is 6.82. The van der Waals surface area contributed by atoms with E-state index in [2.05, 4.69) is 19.1 Å². The zero-order valence-corrected chi connectivity index (χ0v) is 15.7. The summed E-state index contributed by atoms with van der Waals surface area (Å²) < 4.78 is 28.7. The predicted molar refractivity (Wildman–Crippen MR) is 98.1 cm³/mol. The quantitative estimate of drug-likeness (QED) is 0.830. The lowest BCUT2D eigenvalue weighted by atomic mass is 9.87. The fourth-order valence-electron chi connectivity index (χ4n) is 3.94. The van der Waals surface area contributed by atoms with Crippen LogP contribution in [-0.4, -0.2) is 27.9 Å². The Morgan fingerprint density at radius 3 is 2.31 bits per heavy atom. The van der Waals surface area contributed by atoms with E-state index in [0.29, 0.717) is 37.1 Å². The Hall–Kier alpha value is -2.24. The molecule has 138 valence electrons. The maximum atomic E-state index is 6.08. The second-order valence-electron chi connectivity index (χ2n) is 6.64. The van der Waals surface area contributed by atoms with Crippen molar-refractivity contribution in [1.29, 1.82) is 0 Å². The van der Waals surface area contributed by atoms with E-state index in [4.69, 9.17) is 23.7 Å². The Morgan fingerprint density at radius 1 is 0.885 bits per heavy atom. The zero-order valence-electron chi connectivity index (χ0n) is 15.7. The van der Waals surface area contributed by atoms with Crippen molar-refractivity contribution in [3.8, 4) is 28.4 Å². The Balaban J connectivity index is 2.05. The fraction of sp³-hybridized carbons (Fsp3) is 0.429. The summed E-state index contributed by atoms with van der Waals surface area (Å²) in [5, 5.41) is 0. The highest BCUT2D eigenvalue weighted by Crippen LogP contribution is 2.50. The highest BCUT2D eigenvalue weighted by molar-refractivity contribution is 5.83. The first-order valence-corrected chi connectivity index (χ1v) is 8.85. The lowest BCUT2D eigenvalue weighted by Crippen LogP contribution is -2.12. The molecule has 2 heterocycles. The van der Waals surface area contributed by atoms with Crippen LogP contribution in [0.5, 0.6) is 17.2 Å². The summed E-state index contributed by atoms with van der Waals surface area (Å²) in [5.41, 5.74) is 6.92. The van der Waals surface area contributed by atoms with Crippen molar-refractivity contribution >= 4 is 0 Å². The number of hydrogen-bond donors (Lipinski definition) is 0. The van der Waals surface area contributed by atoms with Gasteiger partial charge >= 0.3 is 0 Å². The molecule has 0 bridgehead atoms. The van der Waals surface area contributed by atoms with Gasteiger partial charge in [-0.05, 0) is 59.4 Å². The molecule has 0 unspecified atom stereocenters. The maximum absolute atomic E-state index is 6.08. The summed E-state index contributed by atoms with van der Waals surface area (Å²) >= 11 is 0. The van der Waals surface area contributed by atoms with Gasteiger partial charge in [0.05, 0.1) is 47.3 Å². The minimum atomic E-state index is 0.00172. The predicted octanol–water partition coefficient (Wildman–Crippen LogP) is 4.04. The Labute approximate surface area is 153 Å². The number of benzene rings is 2. The molecule has 0 saturated heterocycles. The third-order valence-electron chi connectivity index (χ3n) is 5.25. The molecule has 0 radical (unpaired) electrons. The normalized spacial score (nSPS) is 18.2. The van der Waals surface area contributed by atoms with Crippen molar-refractivity contribution in [3.63, 3.8) is 0 Å². The fourth-order valence-corrected chi connectivity index (χ4v) is 3.94. The topological polar surface area (TPSA) is 46.2 Å². The largest absolute Gasteiger partial charge is 0.493 e. The van der Waals surface area contributed by atoms with Crippen molar-refractivity contribution in [1.82, 2.24) is 0 Å². The smallest absolute Gasteiger partial charge is 0.203 e. The first-order valence-electron chi connectivity index (χ1n) is 8.85. The molecule has 2 aliphatic heterocycles. The van der Waals surface area contributed by atoms with Crippen LogP contribution in [0.15, 0.2) is 18.2 Å². The van der Waals surface area contributed by atoms with Gasteiger partial charge in [-0.2, -0.15) is 0 Å². The van der Waals surface area contributed by atoms with Gasteiger partial charge in [0.2, 0.25) is 5.75 Å². The van der Waals surface area contributed by atoms with Gasteiger partial charge in [-0.1, -0.05) is 0 Å². The maximum Gasteiger partial charge on any atom is 0.203 e. The van der Waals surface area contributed by atoms with Crippen molar-refractivity contribution in [2.75, 3.05) is 27.9 Å². The minimum absolute atomic E-state index is 0.00172. The average molecular weight is 356 g/mol. The summed E-state index contributed by atoms with van der Waals surface area (Å²) in [6.07, 6.45) is 0.783. The van der Waals surface area contributed by atoms with E-state index in [0.717, 1.165) is 28.7 Å². The number of hydrogen-bond acceptors (Lipinski definition) is 5. The summed E-state index contributed by atoms with van der Waals surface area (Å²) in [6.45, 7) is 4.03. The van der Waals surface area contributed by atoms with Crippen LogP contribution in [0, 0.1) is 0 Å². The molecule has 0 amide bonds. The number of ether oxygens (including phenoxy) is 5. The minimum Gasteiger partial charge on any atom is -0.493 e. The summed E-state index contributed by atoms with van der Waals surface area (Å²) in [4.78, 5) is 0. The van der Waals surface area contributed by atoms with Crippen molar-refractivity contribution in [2.45, 2.75) is 32.7 Å². The van der Waals surface area contributed by atoms with Crippen molar-refractivity contribution in [3.05, 3.63) is 40.5 Å². The molecular weight excluding hydrogens is 332 g/mol. The van der Waals surface area contributed by atoms with Crippen molar-refractivity contribution < 1.29 is 23.7 Å². The van der Waals surface area contributed by atoms with E-state index >= 15 is 0 Å². The van der Waals surface area contributed by atoms with Crippen LogP contribution < -0.4 is 14.2 Å². The molecule has 5 nitrogen and oxygen atoms in total. The number of fused-ring (bicyclic) bond motifs is 4. The van der Waals surface area contributed by atoms with Crippen LogP contribution in [0.4, 0.5) is 0 Å². The van der Waals surface area contributed by atoms with Gasteiger partial charge in [0, 0.05) is 5.56 Å². The Kier molecular flexibility index (Phi) is 4.51. The van der Waals surface area contributed by atoms with Gasteiger partial charge in [-0.15, -0.1) is 0 Å². The Bertz CT molecular complexity index is 843. The third-order valence-corrected chi connectivity index (χ3v) is 5.25. The standard InChI is InChI=1S/C21H24O5/c1-12-16-7-14-10-25-11-15(14)8-17(16)19-13(5-6-26-12)9-18(22-2)20(23-3)21(19)24-4/h7-9,12H,5-6,10-11H2,1-4H3/t12-/m1/s1. The lowest BCUT2D eigenvalue weighted by molar-refractivity contribution is 0.0674. The Morgan fingerprint density at radius 2 is 1.62 bits per heavy atom. The molecule has 0 spiro atoms. The van der Waals surface area contributed by atoms with E-state index in [1.807, 2.05) is 6.07 Å². The molecule has 0 saturated carbocycles. The molecule has 1 atom stereocenters. The van der Waals surface area contributed by atoms with E-state index in [1.54, 1.807) is 21.3 Å². The second-order valence-corrected chi connectivity index (χ2v) is 6.64. The molecule has 2 aromatic rings. The van der Waals surface area contributed by atoms with E-state index in [-0.39, 0.29) is 6.10 Å². The number of methoxy groups -OCH3 is 3. The van der Waals surface area contributed by atoms with Gasteiger partial charge in [0.1, 0.15) is 0 Å². The molecule has 5 heteroatoms. The van der Waals surface area contributed by atoms with Crippen LogP contribution in [0.1, 0.15) is 35.3 Å². The molecule has 0 aromatic heterocycles. The molecule has 0 N–H and O–H groups in total. The van der Waals surface area contributed by atoms with Gasteiger partial charge in [-0.3, -0.25) is 0 Å². The van der Waals surface area contributed by atoms with Gasteiger partial charge < -0.3 is 23.7 Å². The highest BCUT2D eigenvalue weighted by Gasteiger charge is 2.28. The summed E-state index contributed by atoms with van der Waals surface area (Å²) in [6, 6.07) is 6.47. The van der Waals surface area contributed by atoms with Crippen LogP contribution in [0.3, 0.4) is 0 Å². The zero-order chi connectivity index (χ0) is 18.3. The molecular formula is C21H24O5. The SMILES string of the molecule is COc1cc2c(c(OC)c1OC)-c1cc3c(cc1[C@@H](C)OCC2)COC3. The highest BCUT2D eigenvalue weighted by atomic mass is 16.5. The monoisotopic (exact) mass is 356 g/mol. The van der Waals surface area contributed by atoms with Gasteiger partial charge in [0.15, 0.2) is 11.5 Å². The van der Waals surface area contributed by atoms with Crippen molar-refractivity contribution in [2.24, 2.45) is 0 Å². The van der Waals surface area contributed by atoms with Gasteiger partial charge in [-0.25, -0.2) is 0 Å².